The molecule has 0 unspecified atom stereocenters. The first kappa shape index (κ1) is 18.2. The van der Waals surface area contributed by atoms with Crippen LogP contribution >= 0.6 is 0 Å². The maximum Gasteiger partial charge on any atom is 0.226 e. The molecule has 0 amide bonds. The standard InChI is InChI=1S/C17H25FN8/c1-24(2)17-21-7-5-16(23-17)26-9-12(18)8-13(26)10-25(3)11-15-20-6-4-14(19)22-15/h4-7,12-13H,8-11H2,1-3H3,(H2,19,20,22)/t12-,13-/m0/s1. The molecule has 3 rings (SSSR count). The number of hydrogen-bond donors (Lipinski definition) is 1. The highest BCUT2D eigenvalue weighted by Gasteiger charge is 2.34. The average molecular weight is 360 g/mol. The molecule has 0 bridgehead atoms. The summed E-state index contributed by atoms with van der Waals surface area (Å²) < 4.78 is 14.1. The molecule has 0 spiro atoms. The second kappa shape index (κ2) is 7.77. The summed E-state index contributed by atoms with van der Waals surface area (Å²) in [6.45, 7) is 1.58. The van der Waals surface area contributed by atoms with E-state index in [-0.39, 0.29) is 6.04 Å². The van der Waals surface area contributed by atoms with Gasteiger partial charge in [0.05, 0.1) is 13.1 Å². The van der Waals surface area contributed by atoms with Crippen LogP contribution in [0.25, 0.3) is 0 Å². The molecule has 2 atom stereocenters. The van der Waals surface area contributed by atoms with E-state index in [0.29, 0.717) is 43.6 Å². The third kappa shape index (κ3) is 4.34. The van der Waals surface area contributed by atoms with Gasteiger partial charge < -0.3 is 15.5 Å². The maximum atomic E-state index is 14.1. The first-order chi connectivity index (χ1) is 12.4. The van der Waals surface area contributed by atoms with Crippen LogP contribution in [0.15, 0.2) is 24.5 Å². The molecule has 2 aromatic heterocycles. The average Bonchev–Trinajstić information content (AvgIpc) is 2.95. The van der Waals surface area contributed by atoms with E-state index in [9.17, 15) is 4.39 Å². The highest BCUT2D eigenvalue weighted by atomic mass is 19.1. The largest absolute Gasteiger partial charge is 0.384 e. The lowest BCUT2D eigenvalue weighted by atomic mass is 10.2. The van der Waals surface area contributed by atoms with Gasteiger partial charge in [-0.2, -0.15) is 4.98 Å². The number of nitrogen functional groups attached to an aromatic ring is 1. The van der Waals surface area contributed by atoms with E-state index in [2.05, 4.69) is 24.8 Å². The molecule has 0 radical (unpaired) electrons. The quantitative estimate of drug-likeness (QED) is 0.815. The molecule has 1 aliphatic rings. The van der Waals surface area contributed by atoms with Gasteiger partial charge >= 0.3 is 0 Å². The van der Waals surface area contributed by atoms with Crippen LogP contribution in [-0.2, 0) is 6.54 Å². The fraction of sp³-hybridized carbons (Fsp3) is 0.529. The van der Waals surface area contributed by atoms with E-state index >= 15 is 0 Å². The first-order valence-electron chi connectivity index (χ1n) is 8.59. The zero-order valence-corrected chi connectivity index (χ0v) is 15.4. The number of anilines is 3. The monoisotopic (exact) mass is 360 g/mol. The summed E-state index contributed by atoms with van der Waals surface area (Å²) >= 11 is 0. The summed E-state index contributed by atoms with van der Waals surface area (Å²) in [5, 5.41) is 0. The van der Waals surface area contributed by atoms with Gasteiger partial charge in [-0.3, -0.25) is 4.90 Å². The Kier molecular flexibility index (Phi) is 5.46. The Labute approximate surface area is 152 Å². The highest BCUT2D eigenvalue weighted by molar-refractivity contribution is 5.45. The van der Waals surface area contributed by atoms with Gasteiger partial charge in [0.25, 0.3) is 0 Å². The van der Waals surface area contributed by atoms with Crippen molar-refractivity contribution in [1.29, 1.82) is 0 Å². The second-order valence-electron chi connectivity index (χ2n) is 6.84. The Morgan fingerprint density at radius 3 is 2.69 bits per heavy atom. The van der Waals surface area contributed by atoms with Crippen LogP contribution in [0, 0.1) is 0 Å². The van der Waals surface area contributed by atoms with Crippen molar-refractivity contribution in [3.8, 4) is 0 Å². The van der Waals surface area contributed by atoms with E-state index in [1.54, 1.807) is 18.5 Å². The number of nitrogens with zero attached hydrogens (tertiary/aromatic N) is 7. The number of alkyl halides is 1. The molecule has 8 nitrogen and oxygen atoms in total. The van der Waals surface area contributed by atoms with Crippen LogP contribution in [0.1, 0.15) is 12.2 Å². The van der Waals surface area contributed by atoms with E-state index in [0.717, 1.165) is 5.82 Å². The van der Waals surface area contributed by atoms with E-state index in [1.807, 2.05) is 37.0 Å². The Hall–Kier alpha value is -2.55. The minimum atomic E-state index is -0.866. The number of rotatable bonds is 6. The van der Waals surface area contributed by atoms with Crippen LogP contribution in [0.3, 0.4) is 0 Å². The normalized spacial score (nSPS) is 20.0. The molecule has 2 N–H and O–H groups in total. The van der Waals surface area contributed by atoms with Crippen molar-refractivity contribution in [2.75, 3.05) is 49.8 Å². The van der Waals surface area contributed by atoms with Gasteiger partial charge in [0.2, 0.25) is 5.95 Å². The smallest absolute Gasteiger partial charge is 0.226 e. The second-order valence-corrected chi connectivity index (χ2v) is 6.84. The number of likely N-dealkylation sites (N-methyl/N-ethyl adjacent to an activating group) is 1. The van der Waals surface area contributed by atoms with E-state index in [4.69, 9.17) is 5.73 Å². The molecule has 26 heavy (non-hydrogen) atoms. The maximum absolute atomic E-state index is 14.1. The molecule has 0 aliphatic carbocycles. The van der Waals surface area contributed by atoms with Crippen molar-refractivity contribution in [3.05, 3.63) is 30.4 Å². The zero-order chi connectivity index (χ0) is 18.7. The zero-order valence-electron chi connectivity index (χ0n) is 15.4. The van der Waals surface area contributed by atoms with Gasteiger partial charge in [0, 0.05) is 45.5 Å². The number of aromatic nitrogens is 4. The predicted octanol–water partition coefficient (Wildman–Crippen LogP) is 0.964. The van der Waals surface area contributed by atoms with Gasteiger partial charge in [-0.25, -0.2) is 19.3 Å². The Balaban J connectivity index is 1.70. The summed E-state index contributed by atoms with van der Waals surface area (Å²) in [4.78, 5) is 23.2. The summed E-state index contributed by atoms with van der Waals surface area (Å²) in [6, 6.07) is 3.52. The molecule has 1 saturated heterocycles. The van der Waals surface area contributed by atoms with E-state index in [1.165, 1.54) is 0 Å². The lowest BCUT2D eigenvalue weighted by Crippen LogP contribution is -2.39. The van der Waals surface area contributed by atoms with Crippen LogP contribution < -0.4 is 15.5 Å². The van der Waals surface area contributed by atoms with E-state index < -0.39 is 6.17 Å². The van der Waals surface area contributed by atoms with Gasteiger partial charge in [0.15, 0.2) is 0 Å². The van der Waals surface area contributed by atoms with Crippen LogP contribution in [0.5, 0.6) is 0 Å². The van der Waals surface area contributed by atoms with Crippen LogP contribution in [0.4, 0.5) is 22.0 Å². The first-order valence-corrected chi connectivity index (χ1v) is 8.59. The van der Waals surface area contributed by atoms with Crippen molar-refractivity contribution in [1.82, 2.24) is 24.8 Å². The molecule has 9 heteroatoms. The summed E-state index contributed by atoms with van der Waals surface area (Å²) in [7, 11) is 5.75. The minimum Gasteiger partial charge on any atom is -0.384 e. The molecule has 0 saturated carbocycles. The van der Waals surface area contributed by atoms with Gasteiger partial charge in [-0.1, -0.05) is 0 Å². The summed E-state index contributed by atoms with van der Waals surface area (Å²) in [5.41, 5.74) is 5.71. The third-order valence-electron chi connectivity index (χ3n) is 4.35. The molecule has 140 valence electrons. The molecule has 3 heterocycles. The Morgan fingerprint density at radius 2 is 1.96 bits per heavy atom. The van der Waals surface area contributed by atoms with Crippen molar-refractivity contribution < 1.29 is 4.39 Å². The molecule has 1 fully saturated rings. The Bertz CT molecular complexity index is 740. The van der Waals surface area contributed by atoms with Gasteiger partial charge in [-0.15, -0.1) is 0 Å². The molecule has 2 aromatic rings. The van der Waals surface area contributed by atoms with Gasteiger partial charge in [-0.05, 0) is 19.2 Å². The highest BCUT2D eigenvalue weighted by Crippen LogP contribution is 2.27. The van der Waals surface area contributed by atoms with Crippen molar-refractivity contribution in [2.45, 2.75) is 25.2 Å². The van der Waals surface area contributed by atoms with Crippen molar-refractivity contribution >= 4 is 17.6 Å². The molecule has 1 aliphatic heterocycles. The van der Waals surface area contributed by atoms with Gasteiger partial charge in [0.1, 0.15) is 23.6 Å². The third-order valence-corrected chi connectivity index (χ3v) is 4.35. The topological polar surface area (TPSA) is 87.3 Å². The SMILES string of the molecule is CN(Cc1nccc(N)n1)C[C@@H]1C[C@H](F)CN1c1ccnc(N(C)C)n1. The Morgan fingerprint density at radius 1 is 1.19 bits per heavy atom. The number of halogens is 1. The fourth-order valence-corrected chi connectivity index (χ4v) is 3.18. The fourth-order valence-electron chi connectivity index (χ4n) is 3.18. The molecular weight excluding hydrogens is 335 g/mol. The number of nitrogens with two attached hydrogens (primary N) is 1. The predicted molar refractivity (Wildman–Crippen MR) is 99.8 cm³/mol. The van der Waals surface area contributed by atoms with Crippen LogP contribution in [-0.4, -0.2) is 71.3 Å². The molecular formula is C17H25FN8. The van der Waals surface area contributed by atoms with Crippen molar-refractivity contribution in [2.24, 2.45) is 0 Å². The summed E-state index contributed by atoms with van der Waals surface area (Å²) in [6.07, 6.45) is 2.97. The lowest BCUT2D eigenvalue weighted by molar-refractivity contribution is 0.284. The molecule has 0 aromatic carbocycles. The lowest BCUT2D eigenvalue weighted by Gasteiger charge is -2.29. The van der Waals surface area contributed by atoms with Crippen LogP contribution in [0.2, 0.25) is 0 Å². The minimum absolute atomic E-state index is 0.0287. The summed E-state index contributed by atoms with van der Waals surface area (Å²) in [5.74, 6) is 2.48. The number of hydrogen-bond acceptors (Lipinski definition) is 8. The van der Waals surface area contributed by atoms with Crippen molar-refractivity contribution in [3.63, 3.8) is 0 Å².